The summed E-state index contributed by atoms with van der Waals surface area (Å²) in [5.74, 6) is 0.839. The van der Waals surface area contributed by atoms with Crippen LogP contribution in [0.2, 0.25) is 0 Å². The molecule has 2 aromatic carbocycles. The van der Waals surface area contributed by atoms with Crippen LogP contribution in [0.3, 0.4) is 0 Å². The number of benzene rings is 2. The summed E-state index contributed by atoms with van der Waals surface area (Å²) in [5, 5.41) is 14.8. The van der Waals surface area contributed by atoms with E-state index in [1.807, 2.05) is 30.3 Å². The Morgan fingerprint density at radius 3 is 2.44 bits per heavy atom. The maximum Gasteiger partial charge on any atom is 0.343 e. The third-order valence-corrected chi connectivity index (χ3v) is 4.28. The number of hydrogen-bond acceptors (Lipinski definition) is 7. The molecule has 3 rings (SSSR count). The molecule has 126 valence electrons. The summed E-state index contributed by atoms with van der Waals surface area (Å²) in [6.45, 7) is 0. The van der Waals surface area contributed by atoms with Gasteiger partial charge in [-0.1, -0.05) is 30.0 Å². The van der Waals surface area contributed by atoms with Crippen molar-refractivity contribution in [1.29, 1.82) is 0 Å². The predicted molar refractivity (Wildman–Crippen MR) is 95.5 cm³/mol. The van der Waals surface area contributed by atoms with Crippen LogP contribution in [0.1, 0.15) is 0 Å². The van der Waals surface area contributed by atoms with Crippen LogP contribution in [-0.4, -0.2) is 22.0 Å². The van der Waals surface area contributed by atoms with E-state index in [1.165, 1.54) is 18.1 Å². The highest BCUT2D eigenvalue weighted by molar-refractivity contribution is 7.99. The molecule has 0 radical (unpaired) electrons. The van der Waals surface area contributed by atoms with Crippen LogP contribution in [0.5, 0.6) is 5.75 Å². The summed E-state index contributed by atoms with van der Waals surface area (Å²) < 4.78 is 5.10. The fourth-order valence-electron chi connectivity index (χ4n) is 2.10. The van der Waals surface area contributed by atoms with Gasteiger partial charge in [0.25, 0.3) is 0 Å². The zero-order valence-electron chi connectivity index (χ0n) is 13.2. The van der Waals surface area contributed by atoms with E-state index in [-0.39, 0.29) is 16.5 Å². The number of rotatable bonds is 6. The molecule has 0 aliphatic heterocycles. The molecule has 3 aromatic rings. The number of hydrogen-bond donors (Lipinski definition) is 1. The van der Waals surface area contributed by atoms with Gasteiger partial charge in [0.2, 0.25) is 5.82 Å². The van der Waals surface area contributed by atoms with Gasteiger partial charge in [-0.25, -0.2) is 9.97 Å². The molecule has 0 bridgehead atoms. The van der Waals surface area contributed by atoms with Crippen LogP contribution < -0.4 is 10.1 Å². The van der Waals surface area contributed by atoms with Gasteiger partial charge in [0, 0.05) is 10.6 Å². The number of nitrogens with zero attached hydrogens (tertiary/aromatic N) is 3. The van der Waals surface area contributed by atoms with Crippen molar-refractivity contribution in [2.24, 2.45) is 0 Å². The van der Waals surface area contributed by atoms with E-state index in [1.54, 1.807) is 31.4 Å². The molecule has 0 saturated carbocycles. The number of aromatic nitrogens is 2. The van der Waals surface area contributed by atoms with E-state index in [0.29, 0.717) is 11.4 Å². The monoisotopic (exact) mass is 354 g/mol. The largest absolute Gasteiger partial charge is 0.497 e. The van der Waals surface area contributed by atoms with Gasteiger partial charge in [-0.05, 0) is 36.4 Å². The number of ether oxygens (including phenoxy) is 1. The number of nitro groups is 1. The zero-order valence-corrected chi connectivity index (χ0v) is 14.1. The van der Waals surface area contributed by atoms with Crippen LogP contribution >= 0.6 is 11.8 Å². The Kier molecular flexibility index (Phi) is 5.10. The average Bonchev–Trinajstić information content (AvgIpc) is 2.63. The van der Waals surface area contributed by atoms with E-state index >= 15 is 0 Å². The lowest BCUT2D eigenvalue weighted by Gasteiger charge is -2.09. The van der Waals surface area contributed by atoms with Gasteiger partial charge in [0.1, 0.15) is 12.1 Å². The molecule has 25 heavy (non-hydrogen) atoms. The Bertz CT molecular complexity index is 873. The van der Waals surface area contributed by atoms with Gasteiger partial charge in [-0.2, -0.15) is 0 Å². The normalized spacial score (nSPS) is 10.3. The first-order valence-corrected chi connectivity index (χ1v) is 8.12. The second-order valence-corrected chi connectivity index (χ2v) is 5.96. The lowest BCUT2D eigenvalue weighted by Crippen LogP contribution is -2.02. The standard InChI is InChI=1S/C17H14N4O3S/c1-24-13-9-7-12(8-10-13)20-16-15(21(22)23)17(19-11-18-16)25-14-5-3-2-4-6-14/h2-11H,1H3,(H,18,19,20). The number of methoxy groups -OCH3 is 1. The summed E-state index contributed by atoms with van der Waals surface area (Å²) in [6, 6.07) is 16.4. The van der Waals surface area contributed by atoms with Gasteiger partial charge in [0.15, 0.2) is 5.03 Å². The molecule has 8 heteroatoms. The van der Waals surface area contributed by atoms with Crippen LogP contribution in [0.4, 0.5) is 17.2 Å². The molecule has 1 N–H and O–H groups in total. The minimum absolute atomic E-state index is 0.142. The first-order valence-electron chi connectivity index (χ1n) is 7.31. The Morgan fingerprint density at radius 1 is 1.08 bits per heavy atom. The zero-order chi connectivity index (χ0) is 17.6. The minimum Gasteiger partial charge on any atom is -0.497 e. The molecule has 0 aliphatic rings. The summed E-state index contributed by atoms with van der Waals surface area (Å²) in [6.07, 6.45) is 1.31. The van der Waals surface area contributed by atoms with E-state index in [0.717, 1.165) is 4.90 Å². The van der Waals surface area contributed by atoms with Crippen molar-refractivity contribution in [3.63, 3.8) is 0 Å². The van der Waals surface area contributed by atoms with Crippen molar-refractivity contribution in [2.45, 2.75) is 9.92 Å². The maximum atomic E-state index is 11.6. The van der Waals surface area contributed by atoms with Crippen molar-refractivity contribution >= 4 is 29.0 Å². The lowest BCUT2D eigenvalue weighted by molar-refractivity contribution is -0.387. The maximum absolute atomic E-state index is 11.6. The van der Waals surface area contributed by atoms with Crippen molar-refractivity contribution in [3.8, 4) is 5.75 Å². The van der Waals surface area contributed by atoms with Crippen molar-refractivity contribution in [1.82, 2.24) is 9.97 Å². The fraction of sp³-hybridized carbons (Fsp3) is 0.0588. The summed E-state index contributed by atoms with van der Waals surface area (Å²) >= 11 is 1.22. The van der Waals surface area contributed by atoms with Crippen molar-refractivity contribution in [3.05, 3.63) is 71.0 Å². The Hall–Kier alpha value is -3.13. The molecule has 1 aromatic heterocycles. The minimum atomic E-state index is -0.475. The van der Waals surface area contributed by atoms with Gasteiger partial charge in [0.05, 0.1) is 12.0 Å². The highest BCUT2D eigenvalue weighted by Gasteiger charge is 2.23. The topological polar surface area (TPSA) is 90.2 Å². The third-order valence-electron chi connectivity index (χ3n) is 3.28. The van der Waals surface area contributed by atoms with Crippen LogP contribution in [-0.2, 0) is 0 Å². The smallest absolute Gasteiger partial charge is 0.343 e. The van der Waals surface area contributed by atoms with E-state index < -0.39 is 4.92 Å². The quantitative estimate of drug-likeness (QED) is 0.401. The molecule has 0 fully saturated rings. The Morgan fingerprint density at radius 2 is 1.80 bits per heavy atom. The highest BCUT2D eigenvalue weighted by Crippen LogP contribution is 2.37. The van der Waals surface area contributed by atoms with Gasteiger partial charge in [-0.15, -0.1) is 0 Å². The Labute approximate surface area is 148 Å². The fourth-order valence-corrected chi connectivity index (χ4v) is 2.99. The first-order chi connectivity index (χ1) is 12.2. The molecule has 0 aliphatic carbocycles. The van der Waals surface area contributed by atoms with Gasteiger partial charge >= 0.3 is 5.69 Å². The van der Waals surface area contributed by atoms with Gasteiger partial charge in [-0.3, -0.25) is 10.1 Å². The molecule has 1 heterocycles. The third kappa shape index (κ3) is 4.04. The van der Waals surface area contributed by atoms with E-state index in [4.69, 9.17) is 4.74 Å². The highest BCUT2D eigenvalue weighted by atomic mass is 32.2. The molecular weight excluding hydrogens is 340 g/mol. The van der Waals surface area contributed by atoms with Crippen LogP contribution in [0.15, 0.2) is 70.8 Å². The molecule has 7 nitrogen and oxygen atoms in total. The van der Waals surface area contributed by atoms with E-state index in [2.05, 4.69) is 15.3 Å². The van der Waals surface area contributed by atoms with Crippen molar-refractivity contribution in [2.75, 3.05) is 12.4 Å². The van der Waals surface area contributed by atoms with Gasteiger partial charge < -0.3 is 10.1 Å². The second kappa shape index (κ2) is 7.63. The number of anilines is 2. The molecule has 0 saturated heterocycles. The summed E-state index contributed by atoms with van der Waals surface area (Å²) in [4.78, 5) is 20.1. The lowest BCUT2D eigenvalue weighted by atomic mass is 10.3. The summed E-state index contributed by atoms with van der Waals surface area (Å²) in [5.41, 5.74) is 0.505. The molecule has 0 atom stereocenters. The molecule has 0 spiro atoms. The van der Waals surface area contributed by atoms with Crippen LogP contribution in [0, 0.1) is 10.1 Å². The second-order valence-electron chi connectivity index (χ2n) is 4.90. The Balaban J connectivity index is 1.93. The molecule has 0 amide bonds. The first kappa shape index (κ1) is 16.7. The summed E-state index contributed by atoms with van der Waals surface area (Å²) in [7, 11) is 1.57. The predicted octanol–water partition coefficient (Wildman–Crippen LogP) is 4.29. The molecule has 0 unspecified atom stereocenters. The molecular formula is C17H14N4O3S. The number of nitrogens with one attached hydrogen (secondary N) is 1. The average molecular weight is 354 g/mol. The SMILES string of the molecule is COc1ccc(Nc2ncnc(Sc3ccccc3)c2[N+](=O)[O-])cc1. The van der Waals surface area contributed by atoms with Crippen LogP contribution in [0.25, 0.3) is 0 Å². The van der Waals surface area contributed by atoms with E-state index in [9.17, 15) is 10.1 Å². The van der Waals surface area contributed by atoms with Crippen molar-refractivity contribution < 1.29 is 9.66 Å².